The van der Waals surface area contributed by atoms with E-state index in [2.05, 4.69) is 15.6 Å². The summed E-state index contributed by atoms with van der Waals surface area (Å²) in [5.41, 5.74) is 0.922. The van der Waals surface area contributed by atoms with Gasteiger partial charge >= 0.3 is 6.03 Å². The predicted molar refractivity (Wildman–Crippen MR) is 81.3 cm³/mol. The molecule has 0 aliphatic heterocycles. The Morgan fingerprint density at radius 3 is 2.95 bits per heavy atom. The van der Waals surface area contributed by atoms with Gasteiger partial charge in [-0.2, -0.15) is 0 Å². The second kappa shape index (κ2) is 8.21. The van der Waals surface area contributed by atoms with Gasteiger partial charge < -0.3 is 10.1 Å². The van der Waals surface area contributed by atoms with Crippen LogP contribution in [0.25, 0.3) is 0 Å². The second-order valence-corrected chi connectivity index (χ2v) is 6.02. The predicted octanol–water partition coefficient (Wildman–Crippen LogP) is 3.31. The van der Waals surface area contributed by atoms with E-state index in [-0.39, 0.29) is 6.03 Å². The molecule has 5 nitrogen and oxygen atoms in total. The number of carbonyl (C=O) groups is 1. The zero-order valence-electron chi connectivity index (χ0n) is 12.0. The molecule has 0 radical (unpaired) electrons. The molecular formula is C14H23N3O2S. The van der Waals surface area contributed by atoms with Gasteiger partial charge in [0.15, 0.2) is 5.13 Å². The van der Waals surface area contributed by atoms with Gasteiger partial charge in [-0.1, -0.05) is 19.3 Å². The first-order valence-corrected chi connectivity index (χ1v) is 8.20. The number of thiazole rings is 1. The third-order valence-electron chi connectivity index (χ3n) is 3.35. The maximum absolute atomic E-state index is 11.6. The maximum Gasteiger partial charge on any atom is 0.321 e. The van der Waals surface area contributed by atoms with Crippen LogP contribution in [0.2, 0.25) is 0 Å². The van der Waals surface area contributed by atoms with Crippen LogP contribution in [0.15, 0.2) is 5.38 Å². The van der Waals surface area contributed by atoms with Crippen LogP contribution < -0.4 is 10.6 Å². The number of carbonyl (C=O) groups excluding carboxylic acids is 1. The Hall–Kier alpha value is -1.14. The lowest BCUT2D eigenvalue weighted by molar-refractivity contribution is 0.0276. The summed E-state index contributed by atoms with van der Waals surface area (Å²) >= 11 is 1.43. The molecule has 1 aromatic heterocycles. The summed E-state index contributed by atoms with van der Waals surface area (Å²) < 4.78 is 5.80. The number of urea groups is 1. The first-order valence-electron chi connectivity index (χ1n) is 7.32. The van der Waals surface area contributed by atoms with E-state index in [1.807, 2.05) is 12.3 Å². The van der Waals surface area contributed by atoms with Crippen molar-refractivity contribution in [2.45, 2.75) is 51.6 Å². The summed E-state index contributed by atoms with van der Waals surface area (Å²) in [5.74, 6) is 0. The molecule has 1 heterocycles. The summed E-state index contributed by atoms with van der Waals surface area (Å²) in [7, 11) is 0. The highest BCUT2D eigenvalue weighted by atomic mass is 32.1. The van der Waals surface area contributed by atoms with Crippen molar-refractivity contribution in [2.75, 3.05) is 18.5 Å². The first-order chi connectivity index (χ1) is 9.74. The van der Waals surface area contributed by atoms with E-state index in [0.29, 0.717) is 17.8 Å². The van der Waals surface area contributed by atoms with E-state index in [0.717, 1.165) is 18.7 Å². The minimum Gasteiger partial charge on any atom is -0.378 e. The molecule has 2 N–H and O–H groups in total. The Morgan fingerprint density at radius 1 is 1.45 bits per heavy atom. The zero-order chi connectivity index (χ0) is 14.2. The SMILES string of the molecule is Cc1csc(NC(=O)NCCCOC2CCCCC2)n1. The monoisotopic (exact) mass is 297 g/mol. The first kappa shape index (κ1) is 15.3. The van der Waals surface area contributed by atoms with Gasteiger partial charge in [-0.25, -0.2) is 9.78 Å². The molecule has 2 amide bonds. The molecule has 0 spiro atoms. The molecule has 0 atom stereocenters. The van der Waals surface area contributed by atoms with Gasteiger partial charge in [0.2, 0.25) is 0 Å². The Bertz CT molecular complexity index is 416. The molecule has 0 aromatic carbocycles. The molecule has 1 aromatic rings. The minimum atomic E-state index is -0.197. The number of aryl methyl sites for hydroxylation is 1. The Kier molecular flexibility index (Phi) is 6.26. The van der Waals surface area contributed by atoms with Crippen molar-refractivity contribution in [1.82, 2.24) is 10.3 Å². The van der Waals surface area contributed by atoms with Crippen molar-refractivity contribution in [2.24, 2.45) is 0 Å². The van der Waals surface area contributed by atoms with Gasteiger partial charge in [0.05, 0.1) is 11.8 Å². The molecular weight excluding hydrogens is 274 g/mol. The Balaban J connectivity index is 1.51. The summed E-state index contributed by atoms with van der Waals surface area (Å²) in [5, 5.41) is 8.08. The van der Waals surface area contributed by atoms with Crippen LogP contribution in [0.4, 0.5) is 9.93 Å². The van der Waals surface area contributed by atoms with Crippen LogP contribution in [0, 0.1) is 6.92 Å². The van der Waals surface area contributed by atoms with Gasteiger partial charge in [0.1, 0.15) is 0 Å². The smallest absolute Gasteiger partial charge is 0.321 e. The highest BCUT2D eigenvalue weighted by molar-refractivity contribution is 7.13. The Morgan fingerprint density at radius 2 is 2.25 bits per heavy atom. The molecule has 20 heavy (non-hydrogen) atoms. The molecule has 1 aliphatic carbocycles. The largest absolute Gasteiger partial charge is 0.378 e. The molecule has 1 aliphatic rings. The molecule has 0 bridgehead atoms. The zero-order valence-corrected chi connectivity index (χ0v) is 12.8. The molecule has 0 saturated heterocycles. The number of rotatable bonds is 6. The number of ether oxygens (including phenoxy) is 1. The third-order valence-corrected chi connectivity index (χ3v) is 4.23. The fourth-order valence-electron chi connectivity index (χ4n) is 2.31. The normalized spacial score (nSPS) is 16.1. The molecule has 6 heteroatoms. The lowest BCUT2D eigenvalue weighted by atomic mass is 9.98. The number of nitrogens with one attached hydrogen (secondary N) is 2. The van der Waals surface area contributed by atoms with Crippen molar-refractivity contribution >= 4 is 22.5 Å². The van der Waals surface area contributed by atoms with Gasteiger partial charge in [-0.05, 0) is 26.2 Å². The standard InChI is InChI=1S/C14H23N3O2S/c1-11-10-20-14(16-11)17-13(18)15-8-5-9-19-12-6-3-2-4-7-12/h10,12H,2-9H2,1H3,(H2,15,16,17,18). The highest BCUT2D eigenvalue weighted by Crippen LogP contribution is 2.20. The molecule has 1 fully saturated rings. The lowest BCUT2D eigenvalue weighted by Gasteiger charge is -2.21. The van der Waals surface area contributed by atoms with E-state index in [9.17, 15) is 4.79 Å². The summed E-state index contributed by atoms with van der Waals surface area (Å²) in [6.45, 7) is 3.26. The average molecular weight is 297 g/mol. The van der Waals surface area contributed by atoms with Crippen LogP contribution in [0.5, 0.6) is 0 Å². The van der Waals surface area contributed by atoms with Crippen molar-refractivity contribution in [1.29, 1.82) is 0 Å². The number of nitrogens with zero attached hydrogens (tertiary/aromatic N) is 1. The topological polar surface area (TPSA) is 63.2 Å². The molecule has 112 valence electrons. The van der Waals surface area contributed by atoms with Crippen molar-refractivity contribution < 1.29 is 9.53 Å². The molecule has 0 unspecified atom stereocenters. The van der Waals surface area contributed by atoms with Gasteiger partial charge in [-0.15, -0.1) is 11.3 Å². The highest BCUT2D eigenvalue weighted by Gasteiger charge is 2.13. The van der Waals surface area contributed by atoms with Crippen LogP contribution in [-0.2, 0) is 4.74 Å². The van der Waals surface area contributed by atoms with Gasteiger partial charge in [0, 0.05) is 18.5 Å². The summed E-state index contributed by atoms with van der Waals surface area (Å²) in [6.07, 6.45) is 7.60. The number of aromatic nitrogens is 1. The second-order valence-electron chi connectivity index (χ2n) is 5.16. The van der Waals surface area contributed by atoms with Crippen LogP contribution in [-0.4, -0.2) is 30.3 Å². The minimum absolute atomic E-state index is 0.197. The molecule has 1 saturated carbocycles. The van der Waals surface area contributed by atoms with Crippen molar-refractivity contribution in [3.63, 3.8) is 0 Å². The van der Waals surface area contributed by atoms with Crippen LogP contribution >= 0.6 is 11.3 Å². The van der Waals surface area contributed by atoms with Crippen LogP contribution in [0.1, 0.15) is 44.2 Å². The van der Waals surface area contributed by atoms with E-state index in [4.69, 9.17) is 4.74 Å². The summed E-state index contributed by atoms with van der Waals surface area (Å²) in [4.78, 5) is 15.8. The average Bonchev–Trinajstić information content (AvgIpc) is 2.85. The van der Waals surface area contributed by atoms with E-state index < -0.39 is 0 Å². The van der Waals surface area contributed by atoms with Crippen LogP contribution in [0.3, 0.4) is 0 Å². The number of hydrogen-bond acceptors (Lipinski definition) is 4. The maximum atomic E-state index is 11.6. The van der Waals surface area contributed by atoms with E-state index >= 15 is 0 Å². The summed E-state index contributed by atoms with van der Waals surface area (Å²) in [6, 6.07) is -0.197. The van der Waals surface area contributed by atoms with Gasteiger partial charge in [0.25, 0.3) is 0 Å². The number of anilines is 1. The Labute approximate surface area is 124 Å². The van der Waals surface area contributed by atoms with E-state index in [1.54, 1.807) is 0 Å². The van der Waals surface area contributed by atoms with Crippen molar-refractivity contribution in [3.05, 3.63) is 11.1 Å². The number of hydrogen-bond donors (Lipinski definition) is 2. The fourth-order valence-corrected chi connectivity index (χ4v) is 2.99. The quantitative estimate of drug-likeness (QED) is 0.792. The van der Waals surface area contributed by atoms with Gasteiger partial charge in [-0.3, -0.25) is 5.32 Å². The lowest BCUT2D eigenvalue weighted by Crippen LogP contribution is -2.30. The third kappa shape index (κ3) is 5.46. The number of amides is 2. The molecule has 2 rings (SSSR count). The van der Waals surface area contributed by atoms with E-state index in [1.165, 1.54) is 43.4 Å². The fraction of sp³-hybridized carbons (Fsp3) is 0.714. The van der Waals surface area contributed by atoms with Crippen molar-refractivity contribution in [3.8, 4) is 0 Å².